The Bertz CT molecular complexity index is 1100. The Hall–Kier alpha value is -3.33. The summed E-state index contributed by atoms with van der Waals surface area (Å²) in [6, 6.07) is 12.5. The number of H-pyrrole nitrogens is 1. The highest BCUT2D eigenvalue weighted by Crippen LogP contribution is 2.23. The maximum absolute atomic E-state index is 12.3. The lowest BCUT2D eigenvalue weighted by Crippen LogP contribution is -2.15. The number of carbonyl (C=O) groups excluding carboxylic acids is 1. The summed E-state index contributed by atoms with van der Waals surface area (Å²) in [4.78, 5) is 22.9. The molecule has 28 heavy (non-hydrogen) atoms. The van der Waals surface area contributed by atoms with Crippen molar-refractivity contribution in [1.82, 2.24) is 14.8 Å². The van der Waals surface area contributed by atoms with Crippen LogP contribution in [-0.2, 0) is 11.3 Å². The van der Waals surface area contributed by atoms with Crippen LogP contribution in [0.25, 0.3) is 11.4 Å². The lowest BCUT2D eigenvalue weighted by molar-refractivity contribution is -0.385. The molecular weight excluding hydrogens is 378 g/mol. The minimum absolute atomic E-state index is 0.0309. The van der Waals surface area contributed by atoms with Gasteiger partial charge in [0.1, 0.15) is 0 Å². The van der Waals surface area contributed by atoms with E-state index in [0.717, 1.165) is 11.1 Å². The molecular formula is C19H19N5O3S. The quantitative estimate of drug-likeness (QED) is 0.369. The number of hydrogen-bond acceptors (Lipinski definition) is 5. The van der Waals surface area contributed by atoms with Gasteiger partial charge in [0, 0.05) is 35.8 Å². The third-order valence-corrected chi connectivity index (χ3v) is 4.60. The Kier molecular flexibility index (Phi) is 5.65. The minimum Gasteiger partial charge on any atom is -0.326 e. The molecule has 1 aromatic heterocycles. The van der Waals surface area contributed by atoms with Gasteiger partial charge in [-0.05, 0) is 38.2 Å². The van der Waals surface area contributed by atoms with E-state index in [4.69, 9.17) is 12.2 Å². The molecule has 0 aliphatic heterocycles. The van der Waals surface area contributed by atoms with E-state index in [2.05, 4.69) is 15.5 Å². The number of benzene rings is 2. The van der Waals surface area contributed by atoms with E-state index < -0.39 is 4.92 Å². The van der Waals surface area contributed by atoms with Crippen molar-refractivity contribution in [3.63, 3.8) is 0 Å². The Morgan fingerprint density at radius 3 is 2.79 bits per heavy atom. The van der Waals surface area contributed by atoms with Crippen molar-refractivity contribution in [3.05, 3.63) is 68.5 Å². The van der Waals surface area contributed by atoms with Crippen LogP contribution >= 0.6 is 12.2 Å². The molecule has 1 heterocycles. The Balaban J connectivity index is 1.72. The molecule has 2 N–H and O–H groups in total. The van der Waals surface area contributed by atoms with Crippen LogP contribution in [0.3, 0.4) is 0 Å². The molecule has 0 radical (unpaired) electrons. The first-order valence-electron chi connectivity index (χ1n) is 8.62. The third kappa shape index (κ3) is 4.32. The van der Waals surface area contributed by atoms with Crippen molar-refractivity contribution >= 4 is 29.5 Å². The van der Waals surface area contributed by atoms with Gasteiger partial charge in [0.05, 0.1) is 4.92 Å². The first kappa shape index (κ1) is 19.4. The largest absolute Gasteiger partial charge is 0.326 e. The SMILES string of the molecule is Cc1cccc(-c2n[nH]c(=S)n2CCC(=O)Nc2ccc(C)c([N+](=O)[O-])c2)c1. The maximum atomic E-state index is 12.3. The predicted octanol–water partition coefficient (Wildman–Crippen LogP) is 4.16. The van der Waals surface area contributed by atoms with Crippen LogP contribution in [0, 0.1) is 28.7 Å². The molecule has 0 saturated heterocycles. The molecule has 0 bridgehead atoms. The summed E-state index contributed by atoms with van der Waals surface area (Å²) in [7, 11) is 0. The molecule has 0 saturated carbocycles. The molecule has 0 fully saturated rings. The zero-order valence-corrected chi connectivity index (χ0v) is 16.2. The fraction of sp³-hybridized carbons (Fsp3) is 0.211. The van der Waals surface area contributed by atoms with Crippen molar-refractivity contribution in [3.8, 4) is 11.4 Å². The molecule has 0 spiro atoms. The summed E-state index contributed by atoms with van der Waals surface area (Å²) in [5.41, 5.74) is 2.89. The first-order valence-corrected chi connectivity index (χ1v) is 9.03. The Morgan fingerprint density at radius 1 is 1.29 bits per heavy atom. The second-order valence-electron chi connectivity index (χ2n) is 6.43. The van der Waals surface area contributed by atoms with Crippen LogP contribution < -0.4 is 5.32 Å². The van der Waals surface area contributed by atoms with E-state index >= 15 is 0 Å². The molecule has 8 nitrogen and oxygen atoms in total. The van der Waals surface area contributed by atoms with Crippen molar-refractivity contribution < 1.29 is 9.72 Å². The lowest BCUT2D eigenvalue weighted by Gasteiger charge is -2.09. The van der Waals surface area contributed by atoms with Gasteiger partial charge in [-0.2, -0.15) is 5.10 Å². The normalized spacial score (nSPS) is 10.6. The number of nitro groups is 1. The molecule has 1 amide bonds. The van der Waals surface area contributed by atoms with Gasteiger partial charge in [-0.25, -0.2) is 0 Å². The fourth-order valence-corrected chi connectivity index (χ4v) is 3.07. The number of aromatic nitrogens is 3. The van der Waals surface area contributed by atoms with Crippen LogP contribution in [0.4, 0.5) is 11.4 Å². The van der Waals surface area contributed by atoms with E-state index in [1.165, 1.54) is 6.07 Å². The van der Waals surface area contributed by atoms with Gasteiger partial charge in [0.15, 0.2) is 10.6 Å². The van der Waals surface area contributed by atoms with Crippen molar-refractivity contribution in [2.24, 2.45) is 0 Å². The topological polar surface area (TPSA) is 106 Å². The number of nitrogens with zero attached hydrogens (tertiary/aromatic N) is 3. The second-order valence-corrected chi connectivity index (χ2v) is 6.82. The highest BCUT2D eigenvalue weighted by atomic mass is 32.1. The van der Waals surface area contributed by atoms with Crippen molar-refractivity contribution in [2.45, 2.75) is 26.8 Å². The standard InChI is InChI=1S/C19H19N5O3S/c1-12-4-3-5-14(10-12)18-21-22-19(28)23(18)9-8-17(25)20-15-7-6-13(2)16(11-15)24(26)27/h3-7,10-11H,8-9H2,1-2H3,(H,20,25)(H,22,28). The number of nitrogens with one attached hydrogen (secondary N) is 2. The van der Waals surface area contributed by atoms with Crippen LogP contribution in [0.2, 0.25) is 0 Å². The average Bonchev–Trinajstić information content (AvgIpc) is 3.02. The Labute approximate surface area is 166 Å². The summed E-state index contributed by atoms with van der Waals surface area (Å²) in [5, 5.41) is 20.8. The van der Waals surface area contributed by atoms with E-state index in [1.54, 1.807) is 23.6 Å². The minimum atomic E-state index is -0.468. The number of aryl methyl sites for hydroxylation is 2. The second kappa shape index (κ2) is 8.13. The third-order valence-electron chi connectivity index (χ3n) is 4.29. The molecule has 0 aliphatic rings. The zero-order chi connectivity index (χ0) is 20.3. The molecule has 144 valence electrons. The molecule has 3 rings (SSSR count). The molecule has 0 unspecified atom stereocenters. The van der Waals surface area contributed by atoms with E-state index in [9.17, 15) is 14.9 Å². The van der Waals surface area contributed by atoms with Crippen LogP contribution in [-0.4, -0.2) is 25.6 Å². The number of hydrogen-bond donors (Lipinski definition) is 2. The molecule has 0 atom stereocenters. The molecule has 9 heteroatoms. The van der Waals surface area contributed by atoms with Gasteiger partial charge in [-0.1, -0.05) is 29.8 Å². The number of aromatic amines is 1. The number of amides is 1. The number of carbonyl (C=O) groups is 1. The van der Waals surface area contributed by atoms with Crippen LogP contribution in [0.5, 0.6) is 0 Å². The predicted molar refractivity (Wildman–Crippen MR) is 109 cm³/mol. The maximum Gasteiger partial charge on any atom is 0.274 e. The van der Waals surface area contributed by atoms with E-state index in [1.807, 2.05) is 31.2 Å². The van der Waals surface area contributed by atoms with E-state index in [0.29, 0.717) is 28.4 Å². The monoisotopic (exact) mass is 397 g/mol. The van der Waals surface area contributed by atoms with Gasteiger partial charge in [0.2, 0.25) is 5.91 Å². The van der Waals surface area contributed by atoms with Crippen molar-refractivity contribution in [1.29, 1.82) is 0 Å². The molecule has 2 aromatic carbocycles. The van der Waals surface area contributed by atoms with Gasteiger partial charge in [0.25, 0.3) is 5.69 Å². The average molecular weight is 397 g/mol. The van der Waals surface area contributed by atoms with Gasteiger partial charge in [-0.3, -0.25) is 24.6 Å². The first-order chi connectivity index (χ1) is 13.3. The Morgan fingerprint density at radius 2 is 2.07 bits per heavy atom. The smallest absolute Gasteiger partial charge is 0.274 e. The summed E-state index contributed by atoms with van der Waals surface area (Å²) in [5.74, 6) is 0.393. The van der Waals surface area contributed by atoms with E-state index in [-0.39, 0.29) is 18.0 Å². The highest BCUT2D eigenvalue weighted by molar-refractivity contribution is 7.71. The van der Waals surface area contributed by atoms with Gasteiger partial charge in [-0.15, -0.1) is 0 Å². The van der Waals surface area contributed by atoms with Gasteiger partial charge >= 0.3 is 0 Å². The molecule has 0 aliphatic carbocycles. The summed E-state index contributed by atoms with van der Waals surface area (Å²) in [6.07, 6.45) is 0.147. The van der Waals surface area contributed by atoms with Crippen LogP contribution in [0.15, 0.2) is 42.5 Å². The number of rotatable bonds is 6. The number of nitro benzene ring substituents is 1. The van der Waals surface area contributed by atoms with Gasteiger partial charge < -0.3 is 5.32 Å². The summed E-state index contributed by atoms with van der Waals surface area (Å²) < 4.78 is 2.19. The molecule has 3 aromatic rings. The van der Waals surface area contributed by atoms with Crippen molar-refractivity contribution in [2.75, 3.05) is 5.32 Å². The highest BCUT2D eigenvalue weighted by Gasteiger charge is 2.14. The lowest BCUT2D eigenvalue weighted by atomic mass is 10.1. The fourth-order valence-electron chi connectivity index (χ4n) is 2.85. The summed E-state index contributed by atoms with van der Waals surface area (Å²) in [6.45, 7) is 3.97. The van der Waals surface area contributed by atoms with Crippen LogP contribution in [0.1, 0.15) is 17.5 Å². The summed E-state index contributed by atoms with van der Waals surface area (Å²) >= 11 is 5.29. The zero-order valence-electron chi connectivity index (χ0n) is 15.4. The number of anilines is 1.